The molecule has 0 radical (unpaired) electrons. The van der Waals surface area contributed by atoms with E-state index in [0.717, 1.165) is 10.4 Å². The van der Waals surface area contributed by atoms with Crippen molar-refractivity contribution in [3.8, 4) is 0 Å². The zero-order chi connectivity index (χ0) is 25.7. The van der Waals surface area contributed by atoms with Gasteiger partial charge in [-0.3, -0.25) is 14.3 Å². The molecule has 2 aliphatic heterocycles. The summed E-state index contributed by atoms with van der Waals surface area (Å²) in [6.45, 7) is 8.39. The van der Waals surface area contributed by atoms with Crippen molar-refractivity contribution in [2.45, 2.75) is 56.8 Å². The van der Waals surface area contributed by atoms with Crippen molar-refractivity contribution in [2.24, 2.45) is 0 Å². The Kier molecular flexibility index (Phi) is 6.17. The van der Waals surface area contributed by atoms with Gasteiger partial charge in [-0.1, -0.05) is 81.4 Å². The molecular formula is C27H32N2O6Si. The molecule has 3 aromatic rings. The van der Waals surface area contributed by atoms with Crippen LogP contribution < -0.4 is 21.6 Å². The highest BCUT2D eigenvalue weighted by Crippen LogP contribution is 2.46. The second-order valence-corrected chi connectivity index (χ2v) is 15.0. The number of benzene rings is 2. The lowest BCUT2D eigenvalue weighted by atomic mass is 10.0. The highest BCUT2D eigenvalue weighted by molar-refractivity contribution is 6.99. The first-order chi connectivity index (χ1) is 17.1. The molecule has 36 heavy (non-hydrogen) atoms. The smallest absolute Gasteiger partial charge is 0.330 e. The number of fused-ring (bicyclic) bond motifs is 2. The molecule has 4 unspecified atom stereocenters. The Morgan fingerprint density at radius 3 is 2.22 bits per heavy atom. The quantitative estimate of drug-likeness (QED) is 0.489. The molecule has 4 atom stereocenters. The summed E-state index contributed by atoms with van der Waals surface area (Å²) in [4.78, 5) is 26.7. The van der Waals surface area contributed by atoms with Gasteiger partial charge >= 0.3 is 5.69 Å². The molecule has 2 aromatic carbocycles. The Hall–Kier alpha value is -2.82. The van der Waals surface area contributed by atoms with E-state index < -0.39 is 43.6 Å². The number of aryl methyl sites for hydroxylation is 1. The Labute approximate surface area is 210 Å². The number of rotatable bonds is 6. The molecule has 2 saturated heterocycles. The molecular weight excluding hydrogens is 476 g/mol. The molecule has 2 bridgehead atoms. The summed E-state index contributed by atoms with van der Waals surface area (Å²) in [6, 6.07) is 20.5. The minimum Gasteiger partial charge on any atom is -0.404 e. The SMILES string of the molecule is Cc1cn(C2OC3(CO[Si](c4ccccc4)(c4ccccc4)C(C)(C)C)COC2C3O)c(=O)[nH]c1=O. The molecule has 0 aliphatic carbocycles. The minimum atomic E-state index is -2.88. The van der Waals surface area contributed by atoms with Crippen molar-refractivity contribution in [3.63, 3.8) is 0 Å². The summed E-state index contributed by atoms with van der Waals surface area (Å²) in [5.41, 5.74) is -1.84. The van der Waals surface area contributed by atoms with Crippen LogP contribution >= 0.6 is 0 Å². The third-order valence-corrected chi connectivity index (χ3v) is 12.4. The van der Waals surface area contributed by atoms with Crippen molar-refractivity contribution in [2.75, 3.05) is 13.2 Å². The highest BCUT2D eigenvalue weighted by atomic mass is 28.4. The van der Waals surface area contributed by atoms with E-state index in [9.17, 15) is 14.7 Å². The molecule has 2 aliphatic rings. The van der Waals surface area contributed by atoms with E-state index in [1.165, 1.54) is 10.8 Å². The Bertz CT molecular complexity index is 1310. The number of aromatic amines is 1. The zero-order valence-corrected chi connectivity index (χ0v) is 21.9. The predicted octanol–water partition coefficient (Wildman–Crippen LogP) is 1.45. The lowest BCUT2D eigenvalue weighted by Gasteiger charge is -2.45. The Balaban J connectivity index is 1.54. The fourth-order valence-electron chi connectivity index (χ4n) is 5.51. The van der Waals surface area contributed by atoms with E-state index in [0.29, 0.717) is 5.56 Å². The van der Waals surface area contributed by atoms with Crippen molar-refractivity contribution in [1.29, 1.82) is 0 Å². The summed E-state index contributed by atoms with van der Waals surface area (Å²) in [5.74, 6) is 0. The van der Waals surface area contributed by atoms with E-state index in [-0.39, 0.29) is 18.3 Å². The van der Waals surface area contributed by atoms with Gasteiger partial charge < -0.3 is 19.0 Å². The molecule has 5 rings (SSSR count). The normalized spacial score (nSPS) is 25.9. The lowest BCUT2D eigenvalue weighted by Crippen LogP contribution is -2.68. The van der Waals surface area contributed by atoms with Gasteiger partial charge in [-0.15, -0.1) is 0 Å². The van der Waals surface area contributed by atoms with Crippen LogP contribution in [0.25, 0.3) is 0 Å². The van der Waals surface area contributed by atoms with Gasteiger partial charge in [-0.25, -0.2) is 4.79 Å². The van der Waals surface area contributed by atoms with Gasteiger partial charge in [0, 0.05) is 11.8 Å². The van der Waals surface area contributed by atoms with Gasteiger partial charge in [0.05, 0.1) is 13.2 Å². The average Bonchev–Trinajstić information content (AvgIpc) is 3.31. The summed E-state index contributed by atoms with van der Waals surface area (Å²) in [5, 5.41) is 13.3. The second kappa shape index (κ2) is 8.93. The fourth-order valence-corrected chi connectivity index (χ4v) is 10.1. The molecule has 2 N–H and O–H groups in total. The molecule has 2 fully saturated rings. The van der Waals surface area contributed by atoms with Crippen molar-refractivity contribution in [1.82, 2.24) is 9.55 Å². The van der Waals surface area contributed by atoms with Gasteiger partial charge in [0.2, 0.25) is 0 Å². The van der Waals surface area contributed by atoms with Crippen molar-refractivity contribution >= 4 is 18.7 Å². The van der Waals surface area contributed by atoms with Crippen LogP contribution in [0.3, 0.4) is 0 Å². The summed E-state index contributed by atoms with van der Waals surface area (Å²) < 4.78 is 20.6. The molecule has 0 spiro atoms. The van der Waals surface area contributed by atoms with Crippen LogP contribution in [0.5, 0.6) is 0 Å². The number of hydrogen-bond acceptors (Lipinski definition) is 6. The number of nitrogens with zero attached hydrogens (tertiary/aromatic N) is 1. The van der Waals surface area contributed by atoms with Crippen molar-refractivity contribution in [3.05, 3.63) is 93.3 Å². The van der Waals surface area contributed by atoms with Crippen LogP contribution in [-0.2, 0) is 13.9 Å². The molecule has 1 aromatic heterocycles. The number of aliphatic hydroxyl groups is 1. The van der Waals surface area contributed by atoms with Crippen LogP contribution in [0.2, 0.25) is 5.04 Å². The van der Waals surface area contributed by atoms with E-state index in [1.807, 2.05) is 36.4 Å². The average molecular weight is 509 g/mol. The molecule has 0 saturated carbocycles. The predicted molar refractivity (Wildman–Crippen MR) is 138 cm³/mol. The molecule has 3 heterocycles. The maximum atomic E-state index is 12.6. The number of aromatic nitrogens is 2. The van der Waals surface area contributed by atoms with E-state index in [1.54, 1.807) is 6.92 Å². The highest BCUT2D eigenvalue weighted by Gasteiger charge is 2.63. The molecule has 0 amide bonds. The topological polar surface area (TPSA) is 103 Å². The van der Waals surface area contributed by atoms with Gasteiger partial charge in [0.25, 0.3) is 13.9 Å². The number of hydrogen-bond donors (Lipinski definition) is 2. The first-order valence-electron chi connectivity index (χ1n) is 12.1. The van der Waals surface area contributed by atoms with Gasteiger partial charge in [0.1, 0.15) is 17.8 Å². The van der Waals surface area contributed by atoms with Crippen LogP contribution in [0.15, 0.2) is 76.4 Å². The largest absolute Gasteiger partial charge is 0.404 e. The number of nitrogens with one attached hydrogen (secondary N) is 1. The first-order valence-corrected chi connectivity index (χ1v) is 14.0. The van der Waals surface area contributed by atoms with Crippen LogP contribution in [0.4, 0.5) is 0 Å². The number of H-pyrrole nitrogens is 1. The zero-order valence-electron chi connectivity index (χ0n) is 20.9. The molecule has 8 nitrogen and oxygen atoms in total. The van der Waals surface area contributed by atoms with E-state index >= 15 is 0 Å². The summed E-state index contributed by atoms with van der Waals surface area (Å²) in [7, 11) is -2.88. The third-order valence-electron chi connectivity index (χ3n) is 7.38. The minimum absolute atomic E-state index is 0.0888. The first kappa shape index (κ1) is 24.9. The number of aliphatic hydroxyl groups excluding tert-OH is 1. The van der Waals surface area contributed by atoms with Gasteiger partial charge in [-0.05, 0) is 22.3 Å². The monoisotopic (exact) mass is 508 g/mol. The van der Waals surface area contributed by atoms with E-state index in [4.69, 9.17) is 13.9 Å². The van der Waals surface area contributed by atoms with Crippen LogP contribution in [0, 0.1) is 6.92 Å². The third kappa shape index (κ3) is 3.82. The van der Waals surface area contributed by atoms with E-state index in [2.05, 4.69) is 50.0 Å². The molecule has 9 heteroatoms. The van der Waals surface area contributed by atoms with Gasteiger partial charge in [-0.2, -0.15) is 0 Å². The van der Waals surface area contributed by atoms with Gasteiger partial charge in [0.15, 0.2) is 6.23 Å². The second-order valence-electron chi connectivity index (χ2n) is 10.7. The number of ether oxygens (including phenoxy) is 2. The maximum absolute atomic E-state index is 12.6. The maximum Gasteiger partial charge on any atom is 0.330 e. The molecule has 190 valence electrons. The van der Waals surface area contributed by atoms with Crippen LogP contribution in [-0.4, -0.2) is 54.0 Å². The van der Waals surface area contributed by atoms with Crippen LogP contribution in [0.1, 0.15) is 32.6 Å². The lowest BCUT2D eigenvalue weighted by molar-refractivity contribution is -0.185. The summed E-state index contributed by atoms with van der Waals surface area (Å²) in [6.07, 6.45) is -1.19. The fraction of sp³-hybridized carbons (Fsp3) is 0.407. The van der Waals surface area contributed by atoms with Crippen molar-refractivity contribution < 1.29 is 19.0 Å². The Morgan fingerprint density at radius 2 is 1.67 bits per heavy atom. The Morgan fingerprint density at radius 1 is 1.08 bits per heavy atom. The summed E-state index contributed by atoms with van der Waals surface area (Å²) >= 11 is 0. The standard InChI is InChI=1S/C27H32N2O6Si/c1-18-15-29(25(32)28-23(18)31)24-21-22(30)27(35-24,16-33-21)17-34-36(26(2,3)4,19-11-7-5-8-12-19)20-13-9-6-10-14-20/h5-15,21-22,24,30H,16-17H2,1-4H3,(H,28,31,32).